The zero-order chi connectivity index (χ0) is 45.9. The SMILES string of the molecule is Cc1cc2c(c(C)n1)[N-]C(c1[c-]nc3sc4cc(C(C)C)ccc4c3c1)N2c1ccc(C(C)(C)C)cc1-c1ccccc1.[2H]C([2H])([2H])c1cc(-c2[c-]cc(F)cc2)ncc1[Si](C)(C)C.[Ir+3]. The van der Waals surface area contributed by atoms with Gasteiger partial charge < -0.3 is 20.2 Å². The van der Waals surface area contributed by atoms with Crippen LogP contribution in [0.2, 0.25) is 19.6 Å². The zero-order valence-electron chi connectivity index (χ0n) is 39.9. The number of hydrogen-bond acceptors (Lipinski definition) is 5. The summed E-state index contributed by atoms with van der Waals surface area (Å²) in [7, 11) is -1.81. The molecule has 9 heteroatoms. The van der Waals surface area contributed by atoms with E-state index in [4.69, 9.17) is 19.4 Å². The third-order valence-electron chi connectivity index (χ3n) is 11.3. The van der Waals surface area contributed by atoms with Crippen molar-refractivity contribution in [1.29, 1.82) is 0 Å². The molecule has 5 nitrogen and oxygen atoms in total. The van der Waals surface area contributed by atoms with Crippen LogP contribution in [-0.4, -0.2) is 23.0 Å². The first kappa shape index (κ1) is 41.0. The van der Waals surface area contributed by atoms with Crippen LogP contribution in [0.3, 0.4) is 0 Å². The quantitative estimate of drug-likeness (QED) is 0.123. The van der Waals surface area contributed by atoms with Gasteiger partial charge in [0.25, 0.3) is 0 Å². The second-order valence-electron chi connectivity index (χ2n) is 18.3. The summed E-state index contributed by atoms with van der Waals surface area (Å²) < 4.78 is 37.5. The van der Waals surface area contributed by atoms with Crippen molar-refractivity contribution in [3.05, 3.63) is 166 Å². The van der Waals surface area contributed by atoms with Crippen LogP contribution in [0.5, 0.6) is 0 Å². The minimum Gasteiger partial charge on any atom is -0.660 e. The van der Waals surface area contributed by atoms with Crippen LogP contribution in [0.15, 0.2) is 109 Å². The number of thiophene rings is 1. The number of aryl methyl sites for hydroxylation is 3. The van der Waals surface area contributed by atoms with Gasteiger partial charge in [-0.1, -0.05) is 132 Å². The Morgan fingerprint density at radius 2 is 1.68 bits per heavy atom. The monoisotopic (exact) mass is 1030 g/mol. The fourth-order valence-electron chi connectivity index (χ4n) is 7.89. The number of halogens is 1. The maximum Gasteiger partial charge on any atom is 3.00 e. The Balaban J connectivity index is 0.000000242. The smallest absolute Gasteiger partial charge is 0.660 e. The fourth-order valence-corrected chi connectivity index (χ4v) is 10.3. The summed E-state index contributed by atoms with van der Waals surface area (Å²) in [5, 5.41) is 8.56. The predicted octanol–water partition coefficient (Wildman–Crippen LogP) is 14.7. The number of fused-ring (bicyclic) bond motifs is 4. The molecule has 8 aromatic rings. The van der Waals surface area contributed by atoms with Gasteiger partial charge >= 0.3 is 20.1 Å². The average Bonchev–Trinajstić information content (AvgIpc) is 3.81. The van der Waals surface area contributed by atoms with Gasteiger partial charge in [-0.25, -0.2) is 0 Å². The maximum absolute atomic E-state index is 13.0. The van der Waals surface area contributed by atoms with Gasteiger partial charge in [-0.2, -0.15) is 17.4 Å². The van der Waals surface area contributed by atoms with Crippen molar-refractivity contribution in [3.63, 3.8) is 0 Å². The normalized spacial score (nSPS) is 14.7. The molecule has 9 rings (SSSR count). The molecule has 0 saturated heterocycles. The number of benzene rings is 4. The van der Waals surface area contributed by atoms with Gasteiger partial charge in [0, 0.05) is 54.0 Å². The van der Waals surface area contributed by atoms with Gasteiger partial charge in [-0.15, -0.1) is 35.4 Å². The molecule has 1 aliphatic rings. The molecule has 0 aliphatic carbocycles. The van der Waals surface area contributed by atoms with Crippen LogP contribution < -0.4 is 10.1 Å². The third kappa shape index (κ3) is 9.05. The van der Waals surface area contributed by atoms with Crippen molar-refractivity contribution in [2.45, 2.75) is 92.5 Å². The third-order valence-corrected chi connectivity index (χ3v) is 14.3. The van der Waals surface area contributed by atoms with Gasteiger partial charge in [-0.05, 0) is 95.4 Å². The second-order valence-corrected chi connectivity index (χ2v) is 24.3. The van der Waals surface area contributed by atoms with Crippen LogP contribution in [0.25, 0.3) is 48.0 Å². The second kappa shape index (κ2) is 17.6. The molecule has 4 aromatic carbocycles. The Morgan fingerprint density at radius 1 is 0.903 bits per heavy atom. The molecule has 1 atom stereocenters. The summed E-state index contributed by atoms with van der Waals surface area (Å²) in [5.74, 6) is 0.103. The van der Waals surface area contributed by atoms with Crippen molar-refractivity contribution < 1.29 is 28.6 Å². The maximum atomic E-state index is 13.0. The van der Waals surface area contributed by atoms with Crippen LogP contribution in [-0.2, 0) is 25.5 Å². The average molecular weight is 1030 g/mol. The Kier molecular flexibility index (Phi) is 11.6. The van der Waals surface area contributed by atoms with Crippen molar-refractivity contribution in [2.24, 2.45) is 0 Å². The minimum atomic E-state index is -2.19. The number of nitrogens with zero attached hydrogens (tertiary/aromatic N) is 5. The molecule has 316 valence electrons. The molecule has 0 radical (unpaired) electrons. The van der Waals surface area contributed by atoms with E-state index in [0.29, 0.717) is 22.7 Å². The molecule has 1 unspecified atom stereocenters. The van der Waals surface area contributed by atoms with Crippen molar-refractivity contribution in [3.8, 4) is 22.4 Å². The zero-order valence-corrected chi connectivity index (χ0v) is 41.1. The first-order valence-electron chi connectivity index (χ1n) is 22.3. The summed E-state index contributed by atoms with van der Waals surface area (Å²) in [6, 6.07) is 37.3. The summed E-state index contributed by atoms with van der Waals surface area (Å²) in [6.07, 6.45) is 4.76. The van der Waals surface area contributed by atoms with E-state index in [2.05, 4.69) is 169 Å². The van der Waals surface area contributed by atoms with Gasteiger partial charge in [0.1, 0.15) is 0 Å². The summed E-state index contributed by atoms with van der Waals surface area (Å²) in [5.41, 5.74) is 12.4. The number of pyridine rings is 3. The first-order chi connectivity index (χ1) is 30.2. The summed E-state index contributed by atoms with van der Waals surface area (Å²) in [4.78, 5) is 17.4. The minimum absolute atomic E-state index is 0. The van der Waals surface area contributed by atoms with E-state index in [0.717, 1.165) is 49.4 Å². The van der Waals surface area contributed by atoms with Gasteiger partial charge in [0.05, 0.1) is 8.07 Å². The van der Waals surface area contributed by atoms with Crippen LogP contribution in [0.1, 0.15) is 84.5 Å². The molecule has 1 aliphatic heterocycles. The molecule has 5 heterocycles. The molecule has 0 fully saturated rings. The molecular formula is C53H53FIrN5SSi. The van der Waals surface area contributed by atoms with E-state index in [1.807, 2.05) is 0 Å². The number of anilines is 2. The summed E-state index contributed by atoms with van der Waals surface area (Å²) in [6.45, 7) is 19.5. The Labute approximate surface area is 389 Å². The van der Waals surface area contributed by atoms with E-state index in [1.54, 1.807) is 29.7 Å². The first-order valence-corrected chi connectivity index (χ1v) is 25.1. The van der Waals surface area contributed by atoms with Crippen molar-refractivity contribution in [2.75, 3.05) is 4.90 Å². The predicted molar refractivity (Wildman–Crippen MR) is 258 cm³/mol. The van der Waals surface area contributed by atoms with Crippen molar-refractivity contribution in [1.82, 2.24) is 15.0 Å². The molecule has 0 amide bonds. The molecule has 62 heavy (non-hydrogen) atoms. The molecule has 0 N–H and O–H groups in total. The van der Waals surface area contributed by atoms with Gasteiger partial charge in [0.15, 0.2) is 0 Å². The van der Waals surface area contributed by atoms with E-state index in [-0.39, 0.29) is 37.5 Å². The Morgan fingerprint density at radius 3 is 2.35 bits per heavy atom. The Bertz CT molecular complexity index is 3010. The Hall–Kier alpha value is -5.05. The standard InChI is InChI=1S/C38H36N4S.C15H17FNSi.Ir/c1-22(2)26-13-15-29-31-18-27(21-39-37(31)43-34(29)19-26)36-41-35-24(4)40-23(3)17-33(35)42(36)32-16-14-28(38(5,6)7)20-30(32)25-11-9-8-10-12-25;1-11-9-14(12-5-7-13(16)8-6-12)17-10-15(11)18(2,3)4;/h8-20,22,36H,1-7H3;5,7-10H,1-4H3;/q-2;-1;+3/i;1D3;. The van der Waals surface area contributed by atoms with E-state index in [1.165, 1.54) is 44.5 Å². The van der Waals surface area contributed by atoms with E-state index >= 15 is 0 Å². The van der Waals surface area contributed by atoms with Crippen molar-refractivity contribution >= 4 is 62.0 Å². The van der Waals surface area contributed by atoms with Crippen LogP contribution >= 0.6 is 11.3 Å². The van der Waals surface area contributed by atoms with Crippen LogP contribution in [0, 0.1) is 38.8 Å². The number of aromatic nitrogens is 3. The number of rotatable bonds is 6. The van der Waals surface area contributed by atoms with Crippen LogP contribution in [0.4, 0.5) is 21.5 Å². The van der Waals surface area contributed by atoms with Gasteiger partial charge in [0.2, 0.25) is 0 Å². The summed E-state index contributed by atoms with van der Waals surface area (Å²) >= 11 is 1.74. The molecule has 4 aromatic heterocycles. The molecule has 0 bridgehead atoms. The van der Waals surface area contributed by atoms with E-state index < -0.39 is 14.9 Å². The fraction of sp³-hybridized carbons (Fsp3) is 0.264. The molecule has 0 spiro atoms. The molecular weight excluding hydrogens is 978 g/mol. The van der Waals surface area contributed by atoms with Gasteiger partial charge in [-0.3, -0.25) is 9.37 Å². The number of hydrogen-bond donors (Lipinski definition) is 0. The topological polar surface area (TPSA) is 56.0 Å². The van der Waals surface area contributed by atoms with E-state index in [9.17, 15) is 4.39 Å². The molecule has 0 saturated carbocycles. The largest absolute Gasteiger partial charge is 3.00 e.